The number of hydrogen-bond donors (Lipinski definition) is 3. The topological polar surface area (TPSA) is 87.2 Å². The Bertz CT molecular complexity index is 925. The van der Waals surface area contributed by atoms with Gasteiger partial charge < -0.3 is 20.7 Å². The third-order valence-electron chi connectivity index (χ3n) is 7.30. The quantitative estimate of drug-likeness (QED) is 0.501. The molecule has 1 aliphatic heterocycles. The Labute approximate surface area is 202 Å². The number of nitrogens with zero attached hydrogens (tertiary/aromatic N) is 4. The first-order chi connectivity index (χ1) is 16.6. The summed E-state index contributed by atoms with van der Waals surface area (Å²) in [6, 6.07) is 5.08. The van der Waals surface area contributed by atoms with Crippen molar-refractivity contribution in [1.29, 1.82) is 0 Å². The lowest BCUT2D eigenvalue weighted by Gasteiger charge is -2.23. The molecule has 8 nitrogen and oxygen atoms in total. The van der Waals surface area contributed by atoms with Crippen molar-refractivity contribution in [3.63, 3.8) is 0 Å². The molecule has 3 N–H and O–H groups in total. The van der Waals surface area contributed by atoms with Crippen LogP contribution in [0.2, 0.25) is 0 Å². The van der Waals surface area contributed by atoms with Crippen molar-refractivity contribution in [1.82, 2.24) is 19.9 Å². The van der Waals surface area contributed by atoms with Crippen LogP contribution in [-0.4, -0.2) is 59.7 Å². The first-order valence-corrected chi connectivity index (χ1v) is 12.6. The van der Waals surface area contributed by atoms with Gasteiger partial charge in [-0.3, -0.25) is 4.90 Å². The zero-order valence-corrected chi connectivity index (χ0v) is 20.6. The van der Waals surface area contributed by atoms with Gasteiger partial charge in [-0.1, -0.05) is 32.6 Å². The maximum Gasteiger partial charge on any atom is 0.233 e. The second-order valence-electron chi connectivity index (χ2n) is 9.46. The molecule has 1 unspecified atom stereocenters. The molecule has 1 atom stereocenters. The van der Waals surface area contributed by atoms with Crippen LogP contribution in [0.25, 0.3) is 0 Å². The van der Waals surface area contributed by atoms with Crippen LogP contribution in [0, 0.1) is 17.7 Å². The van der Waals surface area contributed by atoms with Gasteiger partial charge in [-0.2, -0.15) is 15.0 Å². The summed E-state index contributed by atoms with van der Waals surface area (Å²) in [6.45, 7) is 5.13. The van der Waals surface area contributed by atoms with Crippen LogP contribution >= 0.6 is 0 Å². The van der Waals surface area contributed by atoms with Gasteiger partial charge in [0, 0.05) is 31.4 Å². The average Bonchev–Trinajstić information content (AvgIpc) is 3.62. The van der Waals surface area contributed by atoms with Crippen LogP contribution in [0.15, 0.2) is 18.2 Å². The first-order valence-electron chi connectivity index (χ1n) is 12.6. The number of likely N-dealkylation sites (N-methyl/N-ethyl adjacent to an activating group) is 1. The third kappa shape index (κ3) is 6.25. The molecule has 3 aliphatic rings. The number of likely N-dealkylation sites (tertiary alicyclic amines) is 1. The molecule has 2 saturated carbocycles. The van der Waals surface area contributed by atoms with Gasteiger partial charge in [0.15, 0.2) is 11.6 Å². The van der Waals surface area contributed by atoms with E-state index in [4.69, 9.17) is 4.74 Å². The molecule has 5 rings (SSSR count). The zero-order valence-electron chi connectivity index (χ0n) is 20.6. The summed E-state index contributed by atoms with van der Waals surface area (Å²) in [6.07, 6.45) is 10.2. The zero-order chi connectivity index (χ0) is 23.9. The fraction of sp³-hybridized carbons (Fsp3) is 0.640. The van der Waals surface area contributed by atoms with Crippen molar-refractivity contribution < 1.29 is 9.13 Å². The van der Waals surface area contributed by atoms with E-state index in [1.807, 2.05) is 0 Å². The molecule has 2 aromatic rings. The summed E-state index contributed by atoms with van der Waals surface area (Å²) >= 11 is 0. The van der Waals surface area contributed by atoms with E-state index in [9.17, 15) is 4.39 Å². The van der Waals surface area contributed by atoms with E-state index in [0.29, 0.717) is 29.6 Å². The number of hydrogen-bond acceptors (Lipinski definition) is 8. The SMILES string of the molecule is C1CC2CCC1C2.CCN1CCCC1CNc1nc(NC)nc(Nc2ccc(OC)c(F)c2)n1. The Hall–Kier alpha value is -2.68. The number of halogens is 1. The monoisotopic (exact) mass is 471 g/mol. The first kappa shape index (κ1) is 24.4. The molecule has 0 amide bonds. The van der Waals surface area contributed by atoms with Crippen molar-refractivity contribution >= 4 is 23.5 Å². The minimum atomic E-state index is -0.454. The highest BCUT2D eigenvalue weighted by molar-refractivity contribution is 5.57. The van der Waals surface area contributed by atoms with E-state index < -0.39 is 5.82 Å². The van der Waals surface area contributed by atoms with Crippen LogP contribution in [0.1, 0.15) is 51.9 Å². The molecular weight excluding hydrogens is 433 g/mol. The number of methoxy groups -OCH3 is 1. The van der Waals surface area contributed by atoms with Crippen molar-refractivity contribution in [3.05, 3.63) is 24.0 Å². The van der Waals surface area contributed by atoms with Crippen molar-refractivity contribution in [2.24, 2.45) is 11.8 Å². The van der Waals surface area contributed by atoms with Gasteiger partial charge in [0.2, 0.25) is 17.8 Å². The Morgan fingerprint density at radius 2 is 1.74 bits per heavy atom. The largest absolute Gasteiger partial charge is 0.494 e. The summed E-state index contributed by atoms with van der Waals surface area (Å²) in [5.41, 5.74) is 0.528. The summed E-state index contributed by atoms with van der Waals surface area (Å²) in [7, 11) is 3.17. The minimum absolute atomic E-state index is 0.187. The fourth-order valence-corrected chi connectivity index (χ4v) is 5.42. The molecule has 9 heteroatoms. The van der Waals surface area contributed by atoms with Crippen LogP contribution < -0.4 is 20.7 Å². The third-order valence-corrected chi connectivity index (χ3v) is 7.30. The van der Waals surface area contributed by atoms with Gasteiger partial charge in [-0.15, -0.1) is 0 Å². The smallest absolute Gasteiger partial charge is 0.233 e. The molecule has 0 radical (unpaired) electrons. The Balaban J connectivity index is 0.000000328. The van der Waals surface area contributed by atoms with E-state index in [0.717, 1.165) is 19.6 Å². The molecule has 1 saturated heterocycles. The molecule has 2 bridgehead atoms. The second kappa shape index (κ2) is 11.6. The Morgan fingerprint density at radius 1 is 1.03 bits per heavy atom. The van der Waals surface area contributed by atoms with Gasteiger partial charge in [0.1, 0.15) is 0 Å². The van der Waals surface area contributed by atoms with Crippen molar-refractivity contribution in [2.45, 2.75) is 57.9 Å². The lowest BCUT2D eigenvalue weighted by Crippen LogP contribution is -2.35. The van der Waals surface area contributed by atoms with E-state index in [-0.39, 0.29) is 5.75 Å². The van der Waals surface area contributed by atoms with Gasteiger partial charge in [0.25, 0.3) is 0 Å². The standard InChI is InChI=1S/C18H26FN7O.C7H12/c1-4-26-9-5-6-13(26)11-21-17-23-16(20-2)24-18(25-17)22-12-7-8-15(27-3)14(19)10-12;1-2-7-4-3-6(1)5-7/h7-8,10,13H,4-6,9,11H2,1-3H3,(H3,20,21,22,23,24,25);6-7H,1-5H2. The number of nitrogens with one attached hydrogen (secondary N) is 3. The molecular formula is C25H38FN7O. The van der Waals surface area contributed by atoms with Gasteiger partial charge in [0.05, 0.1) is 7.11 Å². The second-order valence-corrected chi connectivity index (χ2v) is 9.46. The molecule has 1 aromatic heterocycles. The Morgan fingerprint density at radius 3 is 2.32 bits per heavy atom. The highest BCUT2D eigenvalue weighted by Gasteiger charge is 2.30. The molecule has 1 aromatic carbocycles. The number of benzene rings is 1. The van der Waals surface area contributed by atoms with E-state index in [1.54, 1.807) is 51.3 Å². The number of aromatic nitrogens is 3. The number of ether oxygens (including phenoxy) is 1. The predicted octanol–water partition coefficient (Wildman–Crippen LogP) is 4.90. The minimum Gasteiger partial charge on any atom is -0.494 e. The summed E-state index contributed by atoms with van der Waals surface area (Å²) in [5, 5.41) is 9.24. The molecule has 3 fully saturated rings. The number of anilines is 4. The molecule has 2 heterocycles. The van der Waals surface area contributed by atoms with Gasteiger partial charge >= 0.3 is 0 Å². The number of rotatable bonds is 8. The molecule has 0 spiro atoms. The summed E-state index contributed by atoms with van der Waals surface area (Å²) in [4.78, 5) is 15.5. The maximum absolute atomic E-state index is 13.9. The lowest BCUT2D eigenvalue weighted by molar-refractivity contribution is 0.277. The highest BCUT2D eigenvalue weighted by Crippen LogP contribution is 2.43. The summed E-state index contributed by atoms with van der Waals surface area (Å²) < 4.78 is 18.8. The summed E-state index contributed by atoms with van der Waals surface area (Å²) in [5.74, 6) is 3.32. The van der Waals surface area contributed by atoms with Gasteiger partial charge in [-0.25, -0.2) is 4.39 Å². The predicted molar refractivity (Wildman–Crippen MR) is 134 cm³/mol. The van der Waals surface area contributed by atoms with E-state index >= 15 is 0 Å². The fourth-order valence-electron chi connectivity index (χ4n) is 5.42. The highest BCUT2D eigenvalue weighted by atomic mass is 19.1. The Kier molecular flexibility index (Phi) is 8.37. The molecule has 34 heavy (non-hydrogen) atoms. The normalized spacial score (nSPS) is 23.4. The average molecular weight is 472 g/mol. The molecule has 2 aliphatic carbocycles. The van der Waals surface area contributed by atoms with Crippen molar-refractivity contribution in [2.75, 3.05) is 49.7 Å². The van der Waals surface area contributed by atoms with Gasteiger partial charge in [-0.05, 0) is 56.3 Å². The van der Waals surface area contributed by atoms with E-state index in [1.165, 1.54) is 37.9 Å². The number of fused-ring (bicyclic) bond motifs is 2. The van der Waals surface area contributed by atoms with Crippen LogP contribution in [0.5, 0.6) is 5.75 Å². The van der Waals surface area contributed by atoms with Crippen LogP contribution in [0.4, 0.5) is 27.9 Å². The van der Waals surface area contributed by atoms with Crippen LogP contribution in [0.3, 0.4) is 0 Å². The van der Waals surface area contributed by atoms with E-state index in [2.05, 4.69) is 42.7 Å². The lowest BCUT2D eigenvalue weighted by atomic mass is 10.0. The van der Waals surface area contributed by atoms with Crippen molar-refractivity contribution in [3.8, 4) is 5.75 Å². The maximum atomic E-state index is 13.9. The molecule has 186 valence electrons. The van der Waals surface area contributed by atoms with Crippen LogP contribution in [-0.2, 0) is 0 Å².